The third kappa shape index (κ3) is 3.98. The number of ether oxygens (including phenoxy) is 1. The van der Waals surface area contributed by atoms with Crippen LogP contribution in [-0.2, 0) is 0 Å². The lowest BCUT2D eigenvalue weighted by molar-refractivity contribution is 0.231. The maximum Gasteiger partial charge on any atom is 0.123 e. The number of hydrogen-bond acceptors (Lipinski definition) is 3. The summed E-state index contributed by atoms with van der Waals surface area (Å²) in [6.07, 6.45) is 1.70. The molecular weight excluding hydrogens is 282 g/mol. The molecular formula is C13H20BrNO2. The Hall–Kier alpha value is -0.580. The summed E-state index contributed by atoms with van der Waals surface area (Å²) < 4.78 is 6.45. The molecule has 96 valence electrons. The summed E-state index contributed by atoms with van der Waals surface area (Å²) in [7, 11) is 5.77. The van der Waals surface area contributed by atoms with Crippen LogP contribution >= 0.6 is 15.9 Å². The average Bonchev–Trinajstić information content (AvgIpc) is 2.29. The van der Waals surface area contributed by atoms with Gasteiger partial charge in [0.2, 0.25) is 0 Å². The molecule has 0 aliphatic heterocycles. The number of methoxy groups -OCH3 is 1. The Kier molecular flexibility index (Phi) is 5.95. The van der Waals surface area contributed by atoms with Gasteiger partial charge in [-0.1, -0.05) is 15.9 Å². The maximum atomic E-state index is 8.97. The van der Waals surface area contributed by atoms with Crippen molar-refractivity contribution in [2.75, 3.05) is 27.8 Å². The van der Waals surface area contributed by atoms with Crippen molar-refractivity contribution < 1.29 is 9.84 Å². The molecule has 1 aromatic carbocycles. The van der Waals surface area contributed by atoms with E-state index in [2.05, 4.69) is 26.9 Å². The van der Waals surface area contributed by atoms with Crippen molar-refractivity contribution in [3.05, 3.63) is 28.2 Å². The van der Waals surface area contributed by atoms with E-state index in [1.165, 1.54) is 0 Å². The van der Waals surface area contributed by atoms with Crippen LogP contribution in [-0.4, -0.2) is 37.8 Å². The van der Waals surface area contributed by atoms with E-state index in [1.807, 2.05) is 26.2 Å². The minimum absolute atomic E-state index is 0.223. The molecule has 0 bridgehead atoms. The number of halogens is 1. The highest BCUT2D eigenvalue weighted by Crippen LogP contribution is 2.33. The van der Waals surface area contributed by atoms with E-state index in [0.717, 1.165) is 28.6 Å². The van der Waals surface area contributed by atoms with Gasteiger partial charge in [-0.25, -0.2) is 0 Å². The molecule has 0 fully saturated rings. The lowest BCUT2D eigenvalue weighted by atomic mass is 10.00. The van der Waals surface area contributed by atoms with E-state index in [-0.39, 0.29) is 12.6 Å². The van der Waals surface area contributed by atoms with Gasteiger partial charge in [0.1, 0.15) is 5.75 Å². The van der Waals surface area contributed by atoms with Gasteiger partial charge in [0.25, 0.3) is 0 Å². The van der Waals surface area contributed by atoms with Gasteiger partial charge in [0, 0.05) is 22.7 Å². The van der Waals surface area contributed by atoms with E-state index < -0.39 is 0 Å². The Morgan fingerprint density at radius 3 is 2.65 bits per heavy atom. The molecule has 0 aliphatic carbocycles. The molecule has 1 N–H and O–H groups in total. The highest BCUT2D eigenvalue weighted by atomic mass is 79.9. The van der Waals surface area contributed by atoms with Crippen LogP contribution in [0.5, 0.6) is 5.75 Å². The van der Waals surface area contributed by atoms with Crippen molar-refractivity contribution in [3.63, 3.8) is 0 Å². The van der Waals surface area contributed by atoms with Crippen molar-refractivity contribution in [1.82, 2.24) is 4.90 Å². The average molecular weight is 302 g/mol. The Morgan fingerprint density at radius 1 is 1.41 bits per heavy atom. The predicted molar refractivity (Wildman–Crippen MR) is 73.4 cm³/mol. The fourth-order valence-corrected chi connectivity index (χ4v) is 2.32. The summed E-state index contributed by atoms with van der Waals surface area (Å²) in [5, 5.41) is 8.97. The van der Waals surface area contributed by atoms with Crippen molar-refractivity contribution in [1.29, 1.82) is 0 Å². The van der Waals surface area contributed by atoms with Crippen LogP contribution in [0.1, 0.15) is 24.4 Å². The first-order valence-corrected chi connectivity index (χ1v) is 6.50. The van der Waals surface area contributed by atoms with E-state index in [0.29, 0.717) is 0 Å². The third-order valence-electron chi connectivity index (χ3n) is 2.81. The summed E-state index contributed by atoms with van der Waals surface area (Å²) in [6.45, 7) is 0.223. The molecule has 17 heavy (non-hydrogen) atoms. The molecule has 4 heteroatoms. The second kappa shape index (κ2) is 6.99. The Bertz CT molecular complexity index is 355. The quantitative estimate of drug-likeness (QED) is 0.877. The molecule has 0 radical (unpaired) electrons. The topological polar surface area (TPSA) is 32.7 Å². The van der Waals surface area contributed by atoms with E-state index in [4.69, 9.17) is 9.84 Å². The van der Waals surface area contributed by atoms with E-state index in [1.54, 1.807) is 7.11 Å². The molecule has 0 saturated carbocycles. The summed E-state index contributed by atoms with van der Waals surface area (Å²) >= 11 is 3.49. The SMILES string of the molecule is COc1ccc(Br)cc1C(CCCO)N(C)C. The number of hydrogen-bond donors (Lipinski definition) is 1. The first-order valence-electron chi connectivity index (χ1n) is 5.71. The summed E-state index contributed by atoms with van der Waals surface area (Å²) in [5.41, 5.74) is 1.15. The van der Waals surface area contributed by atoms with Crippen molar-refractivity contribution in [2.24, 2.45) is 0 Å². The molecule has 1 aromatic rings. The van der Waals surface area contributed by atoms with Crippen LogP contribution < -0.4 is 4.74 Å². The Morgan fingerprint density at radius 2 is 2.12 bits per heavy atom. The lowest BCUT2D eigenvalue weighted by Crippen LogP contribution is -2.21. The molecule has 0 spiro atoms. The molecule has 1 unspecified atom stereocenters. The monoisotopic (exact) mass is 301 g/mol. The first-order chi connectivity index (χ1) is 8.10. The molecule has 3 nitrogen and oxygen atoms in total. The largest absolute Gasteiger partial charge is 0.496 e. The minimum atomic E-state index is 0.223. The number of rotatable bonds is 6. The molecule has 0 aromatic heterocycles. The Labute approximate surface area is 112 Å². The highest BCUT2D eigenvalue weighted by molar-refractivity contribution is 9.10. The summed E-state index contributed by atoms with van der Waals surface area (Å²) in [4.78, 5) is 2.15. The first kappa shape index (κ1) is 14.5. The molecule has 0 aliphatic rings. The van der Waals surface area contributed by atoms with Gasteiger partial charge >= 0.3 is 0 Å². The van der Waals surface area contributed by atoms with Gasteiger partial charge in [-0.05, 0) is 45.1 Å². The van der Waals surface area contributed by atoms with Crippen LogP contribution in [0.3, 0.4) is 0 Å². The molecule has 0 amide bonds. The zero-order valence-corrected chi connectivity index (χ0v) is 12.2. The lowest BCUT2D eigenvalue weighted by Gasteiger charge is -2.26. The van der Waals surface area contributed by atoms with Crippen LogP contribution in [0.25, 0.3) is 0 Å². The number of aliphatic hydroxyl groups is 1. The number of benzene rings is 1. The normalized spacial score (nSPS) is 12.8. The zero-order chi connectivity index (χ0) is 12.8. The van der Waals surface area contributed by atoms with Crippen LogP contribution in [0.4, 0.5) is 0 Å². The summed E-state index contributed by atoms with van der Waals surface area (Å²) in [6, 6.07) is 6.28. The van der Waals surface area contributed by atoms with Crippen molar-refractivity contribution in [2.45, 2.75) is 18.9 Å². The van der Waals surface area contributed by atoms with Gasteiger partial charge in [-0.15, -0.1) is 0 Å². The van der Waals surface area contributed by atoms with E-state index >= 15 is 0 Å². The van der Waals surface area contributed by atoms with E-state index in [9.17, 15) is 0 Å². The van der Waals surface area contributed by atoms with Gasteiger partial charge in [0.15, 0.2) is 0 Å². The Balaban J connectivity index is 3.02. The molecule has 0 heterocycles. The van der Waals surface area contributed by atoms with Crippen molar-refractivity contribution in [3.8, 4) is 5.75 Å². The second-order valence-electron chi connectivity index (χ2n) is 4.23. The molecule has 1 rings (SSSR count). The van der Waals surface area contributed by atoms with Crippen molar-refractivity contribution >= 4 is 15.9 Å². The third-order valence-corrected chi connectivity index (χ3v) is 3.30. The smallest absolute Gasteiger partial charge is 0.123 e. The van der Waals surface area contributed by atoms with Crippen LogP contribution in [0, 0.1) is 0 Å². The number of aliphatic hydroxyl groups excluding tert-OH is 1. The van der Waals surface area contributed by atoms with Crippen LogP contribution in [0.2, 0.25) is 0 Å². The number of nitrogens with zero attached hydrogens (tertiary/aromatic N) is 1. The zero-order valence-electron chi connectivity index (χ0n) is 10.6. The molecule has 0 saturated heterocycles. The molecule has 1 atom stereocenters. The summed E-state index contributed by atoms with van der Waals surface area (Å²) in [5.74, 6) is 0.893. The van der Waals surface area contributed by atoms with Gasteiger partial charge in [-0.3, -0.25) is 0 Å². The van der Waals surface area contributed by atoms with Gasteiger partial charge < -0.3 is 14.7 Å². The minimum Gasteiger partial charge on any atom is -0.496 e. The predicted octanol–water partition coefficient (Wildman–Crippen LogP) is 2.83. The maximum absolute atomic E-state index is 8.97. The van der Waals surface area contributed by atoms with Crippen LogP contribution in [0.15, 0.2) is 22.7 Å². The highest BCUT2D eigenvalue weighted by Gasteiger charge is 2.18. The fourth-order valence-electron chi connectivity index (χ4n) is 1.94. The second-order valence-corrected chi connectivity index (χ2v) is 5.15. The standard InChI is InChI=1S/C13H20BrNO2/c1-15(2)12(5-4-8-16)11-9-10(14)6-7-13(11)17-3/h6-7,9,12,16H,4-5,8H2,1-3H3. The van der Waals surface area contributed by atoms with Gasteiger partial charge in [0.05, 0.1) is 7.11 Å². The van der Waals surface area contributed by atoms with Gasteiger partial charge in [-0.2, -0.15) is 0 Å². The fraction of sp³-hybridized carbons (Fsp3) is 0.538.